The lowest BCUT2D eigenvalue weighted by atomic mass is 10.2. The van der Waals surface area contributed by atoms with Crippen LogP contribution in [0.25, 0.3) is 0 Å². The summed E-state index contributed by atoms with van der Waals surface area (Å²) in [4.78, 5) is 1.06. The van der Waals surface area contributed by atoms with Crippen LogP contribution in [-0.2, 0) is 5.75 Å². The second-order valence-corrected chi connectivity index (χ2v) is 3.94. The molecule has 0 bridgehead atoms. The van der Waals surface area contributed by atoms with Crippen molar-refractivity contribution in [1.29, 1.82) is 0 Å². The zero-order valence-corrected chi connectivity index (χ0v) is 8.96. The van der Waals surface area contributed by atoms with Gasteiger partial charge in [0.15, 0.2) is 0 Å². The van der Waals surface area contributed by atoms with Gasteiger partial charge in [0.05, 0.1) is 0 Å². The Hall–Kier alpha value is -1.21. The van der Waals surface area contributed by atoms with Crippen molar-refractivity contribution in [1.82, 2.24) is 0 Å². The minimum Gasteiger partial charge on any atom is -0.122 e. The molecular formula is C13H14S. The maximum absolute atomic E-state index is 3.94. The smallest absolute Gasteiger partial charge is 0.0231 e. The Bertz CT molecular complexity index is 322. The van der Waals surface area contributed by atoms with Crippen molar-refractivity contribution < 1.29 is 0 Å². The highest BCUT2D eigenvalue weighted by Gasteiger charge is 1.92. The molecule has 0 saturated heterocycles. The molecule has 0 aromatic heterocycles. The Morgan fingerprint density at radius 1 is 1.29 bits per heavy atom. The Kier molecular flexibility index (Phi) is 4.87. The third-order valence-electron chi connectivity index (χ3n) is 1.69. The highest BCUT2D eigenvalue weighted by atomic mass is 32.2. The summed E-state index contributed by atoms with van der Waals surface area (Å²) in [6, 6.07) is 10.4. The number of thioether (sulfide) groups is 1. The van der Waals surface area contributed by atoms with Crippen LogP contribution in [0.2, 0.25) is 0 Å². The van der Waals surface area contributed by atoms with Crippen LogP contribution in [0.4, 0.5) is 0 Å². The highest BCUT2D eigenvalue weighted by molar-refractivity contribution is 8.02. The fraction of sp³-hybridized carbons (Fsp3) is 0.0769. The Morgan fingerprint density at radius 3 is 2.64 bits per heavy atom. The summed E-state index contributed by atoms with van der Waals surface area (Å²) in [5.74, 6) is 0.973. The first-order chi connectivity index (χ1) is 6.83. The third kappa shape index (κ3) is 4.15. The lowest BCUT2D eigenvalue weighted by molar-refractivity contribution is 1.42. The Morgan fingerprint density at radius 2 is 2.00 bits per heavy atom. The van der Waals surface area contributed by atoms with E-state index in [4.69, 9.17) is 0 Å². The molecule has 1 aromatic carbocycles. The van der Waals surface area contributed by atoms with E-state index < -0.39 is 0 Å². The Balaban J connectivity index is 2.38. The first kappa shape index (κ1) is 10.9. The van der Waals surface area contributed by atoms with Crippen LogP contribution in [-0.4, -0.2) is 0 Å². The molecule has 0 aliphatic rings. The molecule has 0 N–H and O–H groups in total. The highest BCUT2D eigenvalue weighted by Crippen LogP contribution is 2.20. The maximum Gasteiger partial charge on any atom is 0.0231 e. The molecule has 1 heteroatoms. The van der Waals surface area contributed by atoms with Gasteiger partial charge in [-0.2, -0.15) is 0 Å². The van der Waals surface area contributed by atoms with Crippen molar-refractivity contribution in [3.05, 3.63) is 72.2 Å². The van der Waals surface area contributed by atoms with Crippen molar-refractivity contribution >= 4 is 11.8 Å². The van der Waals surface area contributed by atoms with E-state index in [2.05, 4.69) is 37.4 Å². The molecule has 0 radical (unpaired) electrons. The van der Waals surface area contributed by atoms with Crippen LogP contribution in [0.15, 0.2) is 66.6 Å². The van der Waals surface area contributed by atoms with E-state index in [1.54, 1.807) is 17.8 Å². The molecule has 0 fully saturated rings. The number of benzene rings is 1. The molecule has 0 aliphatic heterocycles. The van der Waals surface area contributed by atoms with Crippen molar-refractivity contribution in [3.8, 4) is 0 Å². The topological polar surface area (TPSA) is 0 Å². The molecule has 0 aliphatic carbocycles. The van der Waals surface area contributed by atoms with Crippen LogP contribution in [0, 0.1) is 0 Å². The number of allylic oxidation sites excluding steroid dienone is 3. The molecule has 14 heavy (non-hydrogen) atoms. The lowest BCUT2D eigenvalue weighted by Crippen LogP contribution is -1.78. The van der Waals surface area contributed by atoms with Gasteiger partial charge in [-0.05, 0) is 11.6 Å². The molecule has 0 saturated carbocycles. The zero-order chi connectivity index (χ0) is 10.2. The van der Waals surface area contributed by atoms with Gasteiger partial charge < -0.3 is 0 Å². The van der Waals surface area contributed by atoms with Gasteiger partial charge >= 0.3 is 0 Å². The fourth-order valence-corrected chi connectivity index (χ4v) is 1.69. The van der Waals surface area contributed by atoms with Gasteiger partial charge in [0.2, 0.25) is 0 Å². The van der Waals surface area contributed by atoms with Gasteiger partial charge in [-0.3, -0.25) is 0 Å². The van der Waals surface area contributed by atoms with Gasteiger partial charge in [-0.15, -0.1) is 11.8 Å². The van der Waals surface area contributed by atoms with Crippen LogP contribution in [0.5, 0.6) is 0 Å². The first-order valence-electron chi connectivity index (χ1n) is 4.47. The molecule has 0 unspecified atom stereocenters. The van der Waals surface area contributed by atoms with E-state index in [0.29, 0.717) is 0 Å². The number of hydrogen-bond acceptors (Lipinski definition) is 1. The molecular weight excluding hydrogens is 188 g/mol. The largest absolute Gasteiger partial charge is 0.122 e. The number of hydrogen-bond donors (Lipinski definition) is 0. The van der Waals surface area contributed by atoms with E-state index in [0.717, 1.165) is 10.7 Å². The van der Waals surface area contributed by atoms with E-state index in [1.165, 1.54) is 5.56 Å². The van der Waals surface area contributed by atoms with Crippen molar-refractivity contribution in [2.45, 2.75) is 5.75 Å². The van der Waals surface area contributed by atoms with Crippen LogP contribution in [0.1, 0.15) is 5.56 Å². The van der Waals surface area contributed by atoms with E-state index in [9.17, 15) is 0 Å². The molecule has 0 amide bonds. The van der Waals surface area contributed by atoms with E-state index in [1.807, 2.05) is 18.2 Å². The molecule has 1 aromatic rings. The second-order valence-electron chi connectivity index (χ2n) is 2.84. The summed E-state index contributed by atoms with van der Waals surface area (Å²) in [5, 5.41) is 0. The van der Waals surface area contributed by atoms with Gasteiger partial charge in [-0.1, -0.05) is 55.6 Å². The van der Waals surface area contributed by atoms with Gasteiger partial charge in [0.25, 0.3) is 0 Å². The molecule has 0 heterocycles. The van der Waals surface area contributed by atoms with Crippen LogP contribution >= 0.6 is 11.8 Å². The molecule has 72 valence electrons. The van der Waals surface area contributed by atoms with Crippen LogP contribution in [0.3, 0.4) is 0 Å². The molecule has 0 nitrogen and oxygen atoms in total. The lowest BCUT2D eigenvalue weighted by Gasteiger charge is -2.00. The van der Waals surface area contributed by atoms with Crippen molar-refractivity contribution in [2.24, 2.45) is 0 Å². The monoisotopic (exact) mass is 202 g/mol. The van der Waals surface area contributed by atoms with E-state index in [-0.39, 0.29) is 0 Å². The van der Waals surface area contributed by atoms with Gasteiger partial charge in [0, 0.05) is 10.7 Å². The van der Waals surface area contributed by atoms with Crippen molar-refractivity contribution in [3.63, 3.8) is 0 Å². The standard InChI is InChI=1S/C13H14S/c1-3-4-8-12(2)14-11-13-9-6-5-7-10-13/h3-10H,1-2,11H2/b8-4-. The summed E-state index contributed by atoms with van der Waals surface area (Å²) >= 11 is 1.74. The fourth-order valence-electron chi connectivity index (χ4n) is 0.974. The zero-order valence-electron chi connectivity index (χ0n) is 8.15. The van der Waals surface area contributed by atoms with Crippen LogP contribution < -0.4 is 0 Å². The maximum atomic E-state index is 3.94. The SMILES string of the molecule is C=C/C=C\C(=C)SCc1ccccc1. The summed E-state index contributed by atoms with van der Waals surface area (Å²) in [6.45, 7) is 7.55. The average molecular weight is 202 g/mol. The predicted molar refractivity (Wildman–Crippen MR) is 66.2 cm³/mol. The van der Waals surface area contributed by atoms with Gasteiger partial charge in [-0.25, -0.2) is 0 Å². The summed E-state index contributed by atoms with van der Waals surface area (Å²) in [7, 11) is 0. The third-order valence-corrected chi connectivity index (χ3v) is 2.67. The molecule has 0 atom stereocenters. The second kappa shape index (κ2) is 6.28. The first-order valence-corrected chi connectivity index (χ1v) is 5.46. The summed E-state index contributed by atoms with van der Waals surface area (Å²) in [6.07, 6.45) is 5.63. The summed E-state index contributed by atoms with van der Waals surface area (Å²) < 4.78 is 0. The van der Waals surface area contributed by atoms with Gasteiger partial charge in [0.1, 0.15) is 0 Å². The minimum atomic E-state index is 0.973. The molecule has 1 rings (SSSR count). The average Bonchev–Trinajstić information content (AvgIpc) is 2.25. The summed E-state index contributed by atoms with van der Waals surface area (Å²) in [5.41, 5.74) is 1.32. The predicted octanol–water partition coefficient (Wildman–Crippen LogP) is 4.18. The normalized spacial score (nSPS) is 10.3. The minimum absolute atomic E-state index is 0.973. The Labute approximate surface area is 90.0 Å². The van der Waals surface area contributed by atoms with E-state index >= 15 is 0 Å². The quantitative estimate of drug-likeness (QED) is 0.646. The molecule has 0 spiro atoms. The number of rotatable bonds is 5. The van der Waals surface area contributed by atoms with Crippen molar-refractivity contribution in [2.75, 3.05) is 0 Å².